The Morgan fingerprint density at radius 3 is 2.53 bits per heavy atom. The Balaban J connectivity index is 1.62. The third-order valence-electron chi connectivity index (χ3n) is 4.45. The van der Waals surface area contributed by atoms with Gasteiger partial charge in [0.1, 0.15) is 5.75 Å². The van der Waals surface area contributed by atoms with Crippen LogP contribution in [0, 0.1) is 6.92 Å². The minimum atomic E-state index is -0.660. The van der Waals surface area contributed by atoms with Crippen LogP contribution in [0.25, 0.3) is 0 Å². The predicted molar refractivity (Wildman–Crippen MR) is 111 cm³/mol. The lowest BCUT2D eigenvalue weighted by atomic mass is 10.2. The number of hydrogen-bond donors (Lipinski definition) is 1. The molecule has 8 heteroatoms. The smallest absolute Gasteiger partial charge is 0.362 e. The molecule has 2 aromatic carbocycles. The second kappa shape index (κ2) is 10.2. The normalized spacial score (nSPS) is 10.5. The molecule has 0 spiro atoms. The van der Waals surface area contributed by atoms with Gasteiger partial charge in [0, 0.05) is 6.42 Å². The van der Waals surface area contributed by atoms with Crippen LogP contribution < -0.4 is 10.1 Å². The average Bonchev–Trinajstić information content (AvgIpc) is 3.14. The molecule has 0 unspecified atom stereocenters. The molecular weight excluding hydrogens is 384 g/mol. The van der Waals surface area contributed by atoms with Crippen molar-refractivity contribution >= 4 is 17.7 Å². The van der Waals surface area contributed by atoms with Gasteiger partial charge in [0.15, 0.2) is 5.82 Å². The van der Waals surface area contributed by atoms with Crippen molar-refractivity contribution in [3.63, 3.8) is 0 Å². The molecule has 0 aliphatic rings. The summed E-state index contributed by atoms with van der Waals surface area (Å²) in [5, 5.41) is 10.6. The SMILES string of the molecule is COC(=O)c1nnn(Cc2ccccc2)c1NC(=O)CCCOc1ccccc1C. The highest BCUT2D eigenvalue weighted by Gasteiger charge is 2.22. The zero-order valence-corrected chi connectivity index (χ0v) is 17.0. The van der Waals surface area contributed by atoms with Gasteiger partial charge in [-0.05, 0) is 30.5 Å². The Hall–Kier alpha value is -3.68. The molecule has 0 fully saturated rings. The van der Waals surface area contributed by atoms with Crippen LogP contribution in [0.15, 0.2) is 54.6 Å². The van der Waals surface area contributed by atoms with Crippen molar-refractivity contribution in [1.82, 2.24) is 15.0 Å². The fraction of sp³-hybridized carbons (Fsp3) is 0.273. The van der Waals surface area contributed by atoms with E-state index in [1.54, 1.807) is 0 Å². The van der Waals surface area contributed by atoms with Gasteiger partial charge in [0.25, 0.3) is 0 Å². The van der Waals surface area contributed by atoms with Crippen LogP contribution in [-0.2, 0) is 16.1 Å². The van der Waals surface area contributed by atoms with Gasteiger partial charge in [-0.1, -0.05) is 53.7 Å². The molecule has 1 amide bonds. The summed E-state index contributed by atoms with van der Waals surface area (Å²) in [6.45, 7) is 2.73. The van der Waals surface area contributed by atoms with Crippen molar-refractivity contribution in [2.75, 3.05) is 19.0 Å². The first-order chi connectivity index (χ1) is 14.6. The quantitative estimate of drug-likeness (QED) is 0.431. The molecule has 156 valence electrons. The number of carbonyl (C=O) groups is 2. The van der Waals surface area contributed by atoms with Crippen molar-refractivity contribution in [2.45, 2.75) is 26.3 Å². The number of carbonyl (C=O) groups excluding carboxylic acids is 2. The number of para-hydroxylation sites is 1. The Morgan fingerprint density at radius 2 is 1.80 bits per heavy atom. The number of aromatic nitrogens is 3. The van der Waals surface area contributed by atoms with E-state index in [9.17, 15) is 9.59 Å². The Labute approximate surface area is 174 Å². The number of ether oxygens (including phenoxy) is 2. The van der Waals surface area contributed by atoms with Crippen LogP contribution in [0.1, 0.15) is 34.5 Å². The summed E-state index contributed by atoms with van der Waals surface area (Å²) in [5.74, 6) is 0.101. The number of methoxy groups -OCH3 is 1. The van der Waals surface area contributed by atoms with E-state index in [4.69, 9.17) is 9.47 Å². The molecule has 0 bridgehead atoms. The van der Waals surface area contributed by atoms with Crippen LogP contribution in [-0.4, -0.2) is 40.6 Å². The van der Waals surface area contributed by atoms with Crippen LogP contribution in [0.4, 0.5) is 5.82 Å². The lowest BCUT2D eigenvalue weighted by Crippen LogP contribution is -2.19. The van der Waals surface area contributed by atoms with Gasteiger partial charge in [0.05, 0.1) is 20.3 Å². The number of benzene rings is 2. The van der Waals surface area contributed by atoms with Gasteiger partial charge in [-0.3, -0.25) is 4.79 Å². The van der Waals surface area contributed by atoms with E-state index in [0.717, 1.165) is 16.9 Å². The second-order valence-electron chi connectivity index (χ2n) is 6.69. The average molecular weight is 408 g/mol. The highest BCUT2D eigenvalue weighted by Crippen LogP contribution is 2.18. The summed E-state index contributed by atoms with van der Waals surface area (Å²) >= 11 is 0. The molecule has 1 N–H and O–H groups in total. The maximum absolute atomic E-state index is 12.5. The molecule has 0 saturated carbocycles. The van der Waals surface area contributed by atoms with E-state index in [1.165, 1.54) is 11.8 Å². The van der Waals surface area contributed by atoms with Gasteiger partial charge in [-0.25, -0.2) is 9.48 Å². The number of nitrogens with zero attached hydrogens (tertiary/aromatic N) is 3. The highest BCUT2D eigenvalue weighted by molar-refractivity contribution is 5.98. The monoisotopic (exact) mass is 408 g/mol. The third kappa shape index (κ3) is 5.44. The van der Waals surface area contributed by atoms with E-state index in [-0.39, 0.29) is 23.8 Å². The van der Waals surface area contributed by atoms with E-state index >= 15 is 0 Å². The highest BCUT2D eigenvalue weighted by atomic mass is 16.5. The van der Waals surface area contributed by atoms with Crippen molar-refractivity contribution in [1.29, 1.82) is 0 Å². The molecule has 3 rings (SSSR count). The molecule has 8 nitrogen and oxygen atoms in total. The number of esters is 1. The topological polar surface area (TPSA) is 95.3 Å². The molecule has 0 aliphatic carbocycles. The Morgan fingerprint density at radius 1 is 1.07 bits per heavy atom. The van der Waals surface area contributed by atoms with Gasteiger partial charge in [-0.2, -0.15) is 0 Å². The first kappa shape index (κ1) is 21.0. The Kier molecular flexibility index (Phi) is 7.15. The van der Waals surface area contributed by atoms with Crippen LogP contribution in [0.2, 0.25) is 0 Å². The lowest BCUT2D eigenvalue weighted by molar-refractivity contribution is -0.116. The van der Waals surface area contributed by atoms with Crippen molar-refractivity contribution in [2.24, 2.45) is 0 Å². The van der Waals surface area contributed by atoms with Gasteiger partial charge in [-0.15, -0.1) is 5.10 Å². The first-order valence-corrected chi connectivity index (χ1v) is 9.62. The molecule has 3 aromatic rings. The zero-order chi connectivity index (χ0) is 21.3. The summed E-state index contributed by atoms with van der Waals surface area (Å²) in [5.41, 5.74) is 1.97. The van der Waals surface area contributed by atoms with E-state index in [1.807, 2.05) is 61.5 Å². The number of aryl methyl sites for hydroxylation is 1. The maximum Gasteiger partial charge on any atom is 0.362 e. The van der Waals surface area contributed by atoms with Gasteiger partial charge < -0.3 is 14.8 Å². The Bertz CT molecular complexity index is 1000. The van der Waals surface area contributed by atoms with Crippen molar-refractivity contribution in [3.05, 3.63) is 71.4 Å². The van der Waals surface area contributed by atoms with Crippen LogP contribution in [0.3, 0.4) is 0 Å². The maximum atomic E-state index is 12.5. The predicted octanol–water partition coefficient (Wildman–Crippen LogP) is 3.22. The van der Waals surface area contributed by atoms with Crippen LogP contribution >= 0.6 is 0 Å². The summed E-state index contributed by atoms with van der Waals surface area (Å²) in [6, 6.07) is 17.3. The zero-order valence-electron chi connectivity index (χ0n) is 17.0. The van der Waals surface area contributed by atoms with Crippen molar-refractivity contribution in [3.8, 4) is 5.75 Å². The molecule has 0 aliphatic heterocycles. The number of amides is 1. The molecule has 0 saturated heterocycles. The summed E-state index contributed by atoms with van der Waals surface area (Å²) in [4.78, 5) is 24.5. The van der Waals surface area contributed by atoms with E-state index in [2.05, 4.69) is 15.6 Å². The fourth-order valence-corrected chi connectivity index (χ4v) is 2.87. The summed E-state index contributed by atoms with van der Waals surface area (Å²) in [7, 11) is 1.26. The van der Waals surface area contributed by atoms with E-state index in [0.29, 0.717) is 19.6 Å². The van der Waals surface area contributed by atoms with Crippen LogP contribution in [0.5, 0.6) is 5.75 Å². The second-order valence-corrected chi connectivity index (χ2v) is 6.69. The largest absolute Gasteiger partial charge is 0.493 e. The number of anilines is 1. The third-order valence-corrected chi connectivity index (χ3v) is 4.45. The summed E-state index contributed by atoms with van der Waals surface area (Å²) < 4.78 is 12.0. The number of nitrogens with one attached hydrogen (secondary N) is 1. The fourth-order valence-electron chi connectivity index (χ4n) is 2.87. The first-order valence-electron chi connectivity index (χ1n) is 9.62. The molecular formula is C22H24N4O4. The van der Waals surface area contributed by atoms with Gasteiger partial charge >= 0.3 is 5.97 Å². The molecule has 1 aromatic heterocycles. The minimum absolute atomic E-state index is 0.0297. The molecule has 1 heterocycles. The molecule has 0 atom stereocenters. The van der Waals surface area contributed by atoms with Gasteiger partial charge in [0.2, 0.25) is 11.6 Å². The summed E-state index contributed by atoms with van der Waals surface area (Å²) in [6.07, 6.45) is 0.747. The minimum Gasteiger partial charge on any atom is -0.493 e. The molecule has 0 radical (unpaired) electrons. The van der Waals surface area contributed by atoms with Crippen molar-refractivity contribution < 1.29 is 19.1 Å². The lowest BCUT2D eigenvalue weighted by Gasteiger charge is -2.11. The standard InChI is InChI=1S/C22H24N4O4/c1-16-9-6-7-12-18(16)30-14-8-13-19(27)23-21-20(22(28)29-2)24-25-26(21)15-17-10-4-3-5-11-17/h3-7,9-12H,8,13-15H2,1-2H3,(H,23,27). The number of rotatable bonds is 9. The molecule has 30 heavy (non-hydrogen) atoms. The van der Waals surface area contributed by atoms with E-state index < -0.39 is 5.97 Å². The number of hydrogen-bond acceptors (Lipinski definition) is 6.